The van der Waals surface area contributed by atoms with Gasteiger partial charge in [0.2, 0.25) is 0 Å². The molecule has 2 nitrogen and oxygen atoms in total. The fourth-order valence-corrected chi connectivity index (χ4v) is 3.10. The van der Waals surface area contributed by atoms with Gasteiger partial charge in [0.05, 0.1) is 27.4 Å². The van der Waals surface area contributed by atoms with E-state index >= 15 is 0 Å². The Morgan fingerprint density at radius 3 is 2.80 bits per heavy atom. The minimum atomic E-state index is -1.59. The van der Waals surface area contributed by atoms with Crippen LogP contribution in [0.2, 0.25) is 0 Å². The molecule has 0 N–H and O–H groups in total. The predicted octanol–water partition coefficient (Wildman–Crippen LogP) is 4.13. The van der Waals surface area contributed by atoms with Crippen molar-refractivity contribution in [3.05, 3.63) is 35.8 Å². The average Bonchev–Trinajstić information content (AvgIpc) is 2.88. The summed E-state index contributed by atoms with van der Waals surface area (Å²) in [7, 11) is 0. The molecule has 0 aliphatic carbocycles. The molecular formula is C18H26O2. The number of hydrogen-bond acceptors (Lipinski definition) is 2. The van der Waals surface area contributed by atoms with Crippen LogP contribution in [0.25, 0.3) is 0 Å². The van der Waals surface area contributed by atoms with Crippen LogP contribution in [0, 0.1) is 0 Å². The zero-order valence-corrected chi connectivity index (χ0v) is 11.9. The molecule has 0 saturated carbocycles. The first-order valence-corrected chi connectivity index (χ1v) is 7.43. The molecule has 2 heterocycles. The summed E-state index contributed by atoms with van der Waals surface area (Å²) in [5.41, 5.74) is -0.251. The normalized spacial score (nSPS) is 41.8. The van der Waals surface area contributed by atoms with Crippen molar-refractivity contribution in [3.63, 3.8) is 0 Å². The summed E-state index contributed by atoms with van der Waals surface area (Å²) >= 11 is 0. The number of benzene rings is 1. The zero-order valence-electron chi connectivity index (χ0n) is 18.9. The molecule has 2 saturated heterocycles. The Bertz CT molecular complexity index is 695. The quantitative estimate of drug-likeness (QED) is 0.826. The summed E-state index contributed by atoms with van der Waals surface area (Å²) in [6.07, 6.45) is 4.18. The molecular weight excluding hydrogens is 248 g/mol. The van der Waals surface area contributed by atoms with E-state index in [0.29, 0.717) is 24.8 Å². The SMILES string of the molecule is [2H]c1c([2H])c([2H])c(C[C@@H]2CCC[C@@H](CC3(C)CCC([2H])([2H])O3)O2)c([2H])c1[2H]. The smallest absolute Gasteiger partial charge is 0.0680 e. The first-order chi connectivity index (χ1) is 12.5. The van der Waals surface area contributed by atoms with Crippen LogP contribution in [0.1, 0.15) is 60.6 Å². The van der Waals surface area contributed by atoms with E-state index in [2.05, 4.69) is 0 Å². The second-order valence-electron chi connectivity index (χ2n) is 6.02. The molecule has 0 aromatic heterocycles. The summed E-state index contributed by atoms with van der Waals surface area (Å²) in [6.45, 7) is 0.330. The molecule has 1 aromatic rings. The van der Waals surface area contributed by atoms with Crippen LogP contribution in [0.4, 0.5) is 0 Å². The molecule has 3 rings (SSSR count). The van der Waals surface area contributed by atoms with E-state index in [0.717, 1.165) is 19.3 Å². The molecule has 0 spiro atoms. The van der Waals surface area contributed by atoms with E-state index in [1.54, 1.807) is 0 Å². The third-order valence-electron chi connectivity index (χ3n) is 4.15. The Kier molecular flexibility index (Phi) is 2.50. The van der Waals surface area contributed by atoms with Gasteiger partial charge in [-0.2, -0.15) is 0 Å². The number of rotatable bonds is 4. The lowest BCUT2D eigenvalue weighted by Gasteiger charge is -2.35. The maximum atomic E-state index is 8.07. The second-order valence-corrected chi connectivity index (χ2v) is 6.02. The predicted molar refractivity (Wildman–Crippen MR) is 80.9 cm³/mol. The van der Waals surface area contributed by atoms with Gasteiger partial charge < -0.3 is 9.47 Å². The van der Waals surface area contributed by atoms with Crippen LogP contribution in [0.3, 0.4) is 0 Å². The molecule has 0 amide bonds. The second kappa shape index (κ2) is 6.28. The standard InChI is InChI=1S/C18H26O2/c1-18(11-6-12-19-18)14-17-10-5-9-16(20-17)13-15-7-3-2-4-8-15/h2-4,7-8,16-17H,5-6,9-14H2,1H3/t16-,17-,18?/m0/s1/i2D,3D,4D,7D,8D,12D2. The van der Waals surface area contributed by atoms with Gasteiger partial charge in [0.15, 0.2) is 0 Å². The van der Waals surface area contributed by atoms with Crippen molar-refractivity contribution in [3.8, 4) is 0 Å². The Balaban J connectivity index is 1.69. The van der Waals surface area contributed by atoms with Crippen molar-refractivity contribution in [1.29, 1.82) is 0 Å². The first kappa shape index (κ1) is 7.95. The molecule has 0 bridgehead atoms. The van der Waals surface area contributed by atoms with E-state index in [9.17, 15) is 0 Å². The molecule has 3 atom stereocenters. The van der Waals surface area contributed by atoms with Gasteiger partial charge >= 0.3 is 0 Å². The van der Waals surface area contributed by atoms with Crippen molar-refractivity contribution < 1.29 is 19.1 Å². The van der Waals surface area contributed by atoms with Crippen molar-refractivity contribution in [2.45, 2.75) is 69.7 Å². The highest BCUT2D eigenvalue weighted by atomic mass is 16.5. The largest absolute Gasteiger partial charge is 0.375 e. The minimum absolute atomic E-state index is 0.0765. The Labute approximate surface area is 132 Å². The van der Waals surface area contributed by atoms with Crippen LogP contribution in [-0.2, 0) is 15.9 Å². The third kappa shape index (κ3) is 3.62. The van der Waals surface area contributed by atoms with E-state index in [-0.39, 0.29) is 48.8 Å². The maximum absolute atomic E-state index is 8.07. The fourth-order valence-electron chi connectivity index (χ4n) is 3.10. The summed E-state index contributed by atoms with van der Waals surface area (Å²) in [5, 5.41) is 0. The van der Waals surface area contributed by atoms with Crippen molar-refractivity contribution in [2.24, 2.45) is 0 Å². The topological polar surface area (TPSA) is 18.5 Å². The van der Waals surface area contributed by atoms with Crippen molar-refractivity contribution in [1.82, 2.24) is 0 Å². The summed E-state index contributed by atoms with van der Waals surface area (Å²) in [6, 6.07) is -1.33. The Morgan fingerprint density at radius 1 is 1.25 bits per heavy atom. The number of hydrogen-bond donors (Lipinski definition) is 0. The van der Waals surface area contributed by atoms with Gasteiger partial charge in [-0.05, 0) is 51.0 Å². The molecule has 2 aliphatic rings. The first-order valence-electron chi connectivity index (χ1n) is 10.9. The molecule has 2 fully saturated rings. The summed E-state index contributed by atoms with van der Waals surface area (Å²) in [4.78, 5) is 0. The maximum Gasteiger partial charge on any atom is 0.0680 e. The van der Waals surface area contributed by atoms with Crippen LogP contribution >= 0.6 is 0 Å². The number of ether oxygens (including phenoxy) is 2. The van der Waals surface area contributed by atoms with E-state index in [4.69, 9.17) is 19.1 Å². The molecule has 110 valence electrons. The van der Waals surface area contributed by atoms with Gasteiger partial charge in [-0.3, -0.25) is 0 Å². The summed E-state index contributed by atoms with van der Waals surface area (Å²) < 4.78 is 66.7. The van der Waals surface area contributed by atoms with Crippen molar-refractivity contribution in [2.75, 3.05) is 6.56 Å². The van der Waals surface area contributed by atoms with Gasteiger partial charge in [-0.1, -0.05) is 30.2 Å². The fraction of sp³-hybridized carbons (Fsp3) is 0.667. The lowest BCUT2D eigenvalue weighted by atomic mass is 9.90. The van der Waals surface area contributed by atoms with Crippen LogP contribution in [0.15, 0.2) is 30.2 Å². The monoisotopic (exact) mass is 281 g/mol. The van der Waals surface area contributed by atoms with Crippen LogP contribution < -0.4 is 0 Å². The van der Waals surface area contributed by atoms with E-state index in [1.807, 2.05) is 6.92 Å². The highest BCUT2D eigenvalue weighted by Crippen LogP contribution is 2.34. The zero-order chi connectivity index (χ0) is 20.0. The van der Waals surface area contributed by atoms with Gasteiger partial charge in [-0.25, -0.2) is 0 Å². The van der Waals surface area contributed by atoms with Gasteiger partial charge in [0.1, 0.15) is 0 Å². The van der Waals surface area contributed by atoms with Gasteiger partial charge in [-0.15, -0.1) is 0 Å². The molecule has 20 heavy (non-hydrogen) atoms. The Hall–Kier alpha value is -0.860. The van der Waals surface area contributed by atoms with Gasteiger partial charge in [0.25, 0.3) is 0 Å². The van der Waals surface area contributed by atoms with Crippen LogP contribution in [0.5, 0.6) is 0 Å². The minimum Gasteiger partial charge on any atom is -0.375 e. The molecule has 2 aliphatic heterocycles. The van der Waals surface area contributed by atoms with E-state index in [1.165, 1.54) is 0 Å². The molecule has 1 aromatic carbocycles. The lowest BCUT2D eigenvalue weighted by molar-refractivity contribution is -0.0930. The van der Waals surface area contributed by atoms with Crippen molar-refractivity contribution >= 4 is 0 Å². The Morgan fingerprint density at radius 2 is 2.05 bits per heavy atom. The highest BCUT2D eigenvalue weighted by Gasteiger charge is 2.35. The molecule has 1 unspecified atom stereocenters. The lowest BCUT2D eigenvalue weighted by Crippen LogP contribution is -2.36. The van der Waals surface area contributed by atoms with E-state index < -0.39 is 12.2 Å². The third-order valence-corrected chi connectivity index (χ3v) is 4.15. The highest BCUT2D eigenvalue weighted by molar-refractivity contribution is 5.15. The van der Waals surface area contributed by atoms with Crippen LogP contribution in [-0.4, -0.2) is 24.4 Å². The summed E-state index contributed by atoms with van der Waals surface area (Å²) in [5.74, 6) is 0. The van der Waals surface area contributed by atoms with Gasteiger partial charge in [0, 0.05) is 13.0 Å². The average molecular weight is 281 g/mol. The molecule has 2 heteroatoms. The molecule has 0 radical (unpaired) electrons.